The van der Waals surface area contributed by atoms with Gasteiger partial charge in [0.2, 0.25) is 10.0 Å². The number of aryl methyl sites for hydroxylation is 1. The summed E-state index contributed by atoms with van der Waals surface area (Å²) in [6.07, 6.45) is 2.51. The minimum atomic E-state index is -3.46. The zero-order valence-electron chi connectivity index (χ0n) is 11.4. The number of hydrogen-bond acceptors (Lipinski definition) is 2. The van der Waals surface area contributed by atoms with E-state index in [2.05, 4.69) is 32.8 Å². The molecular weight excluding hydrogens is 350 g/mol. The molecule has 0 aromatic heterocycles. The maximum atomic E-state index is 12.4. The highest BCUT2D eigenvalue weighted by atomic mass is 79.9. The summed E-state index contributed by atoms with van der Waals surface area (Å²) in [6.45, 7) is 0. The van der Waals surface area contributed by atoms with E-state index in [1.165, 1.54) is 11.1 Å². The Bertz CT molecular complexity index is 758. The van der Waals surface area contributed by atoms with E-state index in [4.69, 9.17) is 0 Å². The molecule has 1 unspecified atom stereocenters. The van der Waals surface area contributed by atoms with E-state index < -0.39 is 10.0 Å². The molecule has 0 heterocycles. The molecule has 0 radical (unpaired) electrons. The van der Waals surface area contributed by atoms with Crippen molar-refractivity contribution >= 4 is 26.0 Å². The third kappa shape index (κ3) is 3.36. The Labute approximate surface area is 133 Å². The van der Waals surface area contributed by atoms with Crippen molar-refractivity contribution in [2.24, 2.45) is 0 Å². The molecule has 1 N–H and O–H groups in total. The third-order valence-electron chi connectivity index (χ3n) is 3.78. The molecule has 21 heavy (non-hydrogen) atoms. The highest BCUT2D eigenvalue weighted by molar-refractivity contribution is 9.10. The van der Waals surface area contributed by atoms with Crippen LogP contribution in [0.4, 0.5) is 0 Å². The number of rotatable bonds is 3. The summed E-state index contributed by atoms with van der Waals surface area (Å²) in [5, 5.41) is 0. The van der Waals surface area contributed by atoms with Gasteiger partial charge in [0.05, 0.1) is 4.90 Å². The Morgan fingerprint density at radius 1 is 1.05 bits per heavy atom. The zero-order valence-corrected chi connectivity index (χ0v) is 13.8. The lowest BCUT2D eigenvalue weighted by atomic mass is 9.89. The molecule has 0 saturated carbocycles. The minimum Gasteiger partial charge on any atom is -0.208 e. The van der Waals surface area contributed by atoms with Crippen molar-refractivity contribution in [3.63, 3.8) is 0 Å². The third-order valence-corrected chi connectivity index (χ3v) is 5.79. The van der Waals surface area contributed by atoms with Crippen molar-refractivity contribution in [1.82, 2.24) is 4.72 Å². The lowest BCUT2D eigenvalue weighted by molar-refractivity contribution is 0.507. The number of sulfonamides is 1. The molecule has 1 aliphatic carbocycles. The Morgan fingerprint density at radius 3 is 2.57 bits per heavy atom. The van der Waals surface area contributed by atoms with Gasteiger partial charge in [-0.05, 0) is 48.6 Å². The van der Waals surface area contributed by atoms with Crippen molar-refractivity contribution in [1.29, 1.82) is 0 Å². The monoisotopic (exact) mass is 365 g/mol. The van der Waals surface area contributed by atoms with E-state index in [0.717, 1.165) is 23.7 Å². The van der Waals surface area contributed by atoms with Crippen LogP contribution in [0.2, 0.25) is 0 Å². The summed E-state index contributed by atoms with van der Waals surface area (Å²) in [5.74, 6) is 0. The summed E-state index contributed by atoms with van der Waals surface area (Å²) in [7, 11) is -3.46. The largest absolute Gasteiger partial charge is 0.240 e. The molecule has 3 nitrogen and oxygen atoms in total. The minimum absolute atomic E-state index is 0.0381. The second-order valence-corrected chi connectivity index (χ2v) is 7.92. The van der Waals surface area contributed by atoms with Crippen LogP contribution < -0.4 is 4.72 Å². The molecule has 3 rings (SSSR count). The highest BCUT2D eigenvalue weighted by Crippen LogP contribution is 2.23. The van der Waals surface area contributed by atoms with Gasteiger partial charge >= 0.3 is 0 Å². The van der Waals surface area contributed by atoms with Crippen molar-refractivity contribution in [2.75, 3.05) is 0 Å². The lowest BCUT2D eigenvalue weighted by Crippen LogP contribution is -2.38. The van der Waals surface area contributed by atoms with Gasteiger partial charge < -0.3 is 0 Å². The van der Waals surface area contributed by atoms with E-state index in [-0.39, 0.29) is 6.04 Å². The van der Waals surface area contributed by atoms with Gasteiger partial charge in [-0.1, -0.05) is 46.3 Å². The zero-order chi connectivity index (χ0) is 14.9. The lowest BCUT2D eigenvalue weighted by Gasteiger charge is -2.25. The first-order valence-electron chi connectivity index (χ1n) is 6.89. The topological polar surface area (TPSA) is 46.2 Å². The standard InChI is InChI=1S/C16H16BrNO2S/c17-14-6-3-7-16(11-14)21(19,20)18-15-9-8-12-4-1-2-5-13(12)10-15/h1-7,11,15,18H,8-10H2. The maximum Gasteiger partial charge on any atom is 0.240 e. The molecule has 0 spiro atoms. The van der Waals surface area contributed by atoms with Crippen LogP contribution in [0.3, 0.4) is 0 Å². The van der Waals surface area contributed by atoms with E-state index in [1.54, 1.807) is 18.2 Å². The number of fused-ring (bicyclic) bond motifs is 1. The van der Waals surface area contributed by atoms with Crippen LogP contribution in [0.15, 0.2) is 57.9 Å². The smallest absolute Gasteiger partial charge is 0.208 e. The van der Waals surface area contributed by atoms with Crippen LogP contribution >= 0.6 is 15.9 Å². The first-order valence-corrected chi connectivity index (χ1v) is 9.17. The fourth-order valence-electron chi connectivity index (χ4n) is 2.72. The second-order valence-electron chi connectivity index (χ2n) is 5.29. The van der Waals surface area contributed by atoms with Gasteiger partial charge in [-0.3, -0.25) is 0 Å². The van der Waals surface area contributed by atoms with Gasteiger partial charge in [0.1, 0.15) is 0 Å². The summed E-state index contributed by atoms with van der Waals surface area (Å²) in [4.78, 5) is 0.302. The number of nitrogens with one attached hydrogen (secondary N) is 1. The molecule has 0 saturated heterocycles. The van der Waals surface area contributed by atoms with Crippen LogP contribution in [0, 0.1) is 0 Å². The predicted octanol–water partition coefficient (Wildman–Crippen LogP) is 3.28. The summed E-state index contributed by atoms with van der Waals surface area (Å²) >= 11 is 3.31. The van der Waals surface area contributed by atoms with Crippen molar-refractivity contribution in [3.05, 3.63) is 64.1 Å². The maximum absolute atomic E-state index is 12.4. The van der Waals surface area contributed by atoms with Crippen LogP contribution in [-0.4, -0.2) is 14.5 Å². The first kappa shape index (κ1) is 14.8. The highest BCUT2D eigenvalue weighted by Gasteiger charge is 2.24. The molecule has 0 bridgehead atoms. The molecule has 2 aromatic carbocycles. The van der Waals surface area contributed by atoms with Crippen LogP contribution in [0.25, 0.3) is 0 Å². The van der Waals surface area contributed by atoms with E-state index in [1.807, 2.05) is 18.2 Å². The molecule has 1 atom stereocenters. The average molecular weight is 366 g/mol. The fraction of sp³-hybridized carbons (Fsp3) is 0.250. The van der Waals surface area contributed by atoms with Crippen molar-refractivity contribution in [2.45, 2.75) is 30.2 Å². The van der Waals surface area contributed by atoms with Gasteiger partial charge in [0, 0.05) is 10.5 Å². The average Bonchev–Trinajstić information content (AvgIpc) is 2.47. The summed E-state index contributed by atoms with van der Waals surface area (Å²) < 4.78 is 28.5. The predicted molar refractivity (Wildman–Crippen MR) is 86.7 cm³/mol. The summed E-state index contributed by atoms with van der Waals surface area (Å²) in [6, 6.07) is 15.0. The van der Waals surface area contributed by atoms with Gasteiger partial charge in [0.15, 0.2) is 0 Å². The van der Waals surface area contributed by atoms with Crippen LogP contribution in [0.1, 0.15) is 17.5 Å². The van der Waals surface area contributed by atoms with Gasteiger partial charge in [-0.15, -0.1) is 0 Å². The Kier molecular flexibility index (Phi) is 4.15. The van der Waals surface area contributed by atoms with E-state index in [0.29, 0.717) is 4.90 Å². The first-order chi connectivity index (χ1) is 10.0. The molecule has 0 amide bonds. The molecule has 5 heteroatoms. The van der Waals surface area contributed by atoms with E-state index in [9.17, 15) is 8.42 Å². The number of benzene rings is 2. The normalized spacial score (nSPS) is 18.2. The Balaban J connectivity index is 1.78. The van der Waals surface area contributed by atoms with Gasteiger partial charge in [-0.25, -0.2) is 13.1 Å². The number of halogens is 1. The fourth-order valence-corrected chi connectivity index (χ4v) is 4.59. The molecule has 0 aliphatic heterocycles. The van der Waals surface area contributed by atoms with Gasteiger partial charge in [-0.2, -0.15) is 0 Å². The SMILES string of the molecule is O=S(=O)(NC1CCc2ccccc2C1)c1cccc(Br)c1. The molecule has 1 aliphatic rings. The van der Waals surface area contributed by atoms with Gasteiger partial charge in [0.25, 0.3) is 0 Å². The number of hydrogen-bond donors (Lipinski definition) is 1. The summed E-state index contributed by atoms with van der Waals surface area (Å²) in [5.41, 5.74) is 2.57. The van der Waals surface area contributed by atoms with Crippen LogP contribution in [-0.2, 0) is 22.9 Å². The van der Waals surface area contributed by atoms with Crippen LogP contribution in [0.5, 0.6) is 0 Å². The van der Waals surface area contributed by atoms with E-state index >= 15 is 0 Å². The molecular formula is C16H16BrNO2S. The molecule has 110 valence electrons. The Hall–Kier alpha value is -1.17. The Morgan fingerprint density at radius 2 is 1.81 bits per heavy atom. The second kappa shape index (κ2) is 5.91. The quantitative estimate of drug-likeness (QED) is 0.906. The molecule has 0 fully saturated rings. The van der Waals surface area contributed by atoms with Crippen molar-refractivity contribution in [3.8, 4) is 0 Å². The molecule has 2 aromatic rings. The van der Waals surface area contributed by atoms with Crippen molar-refractivity contribution < 1.29 is 8.42 Å².